The van der Waals surface area contributed by atoms with Gasteiger partial charge in [0.05, 0.1) is 5.69 Å². The van der Waals surface area contributed by atoms with E-state index in [9.17, 15) is 9.59 Å². The number of fused-ring (bicyclic) bond motifs is 1. The molecule has 0 radical (unpaired) electrons. The summed E-state index contributed by atoms with van der Waals surface area (Å²) in [5.74, 6) is -0.0424. The summed E-state index contributed by atoms with van der Waals surface area (Å²) in [6.07, 6.45) is 3.89. The van der Waals surface area contributed by atoms with Gasteiger partial charge in [-0.2, -0.15) is 0 Å². The number of carbonyl (C=O) groups is 2. The zero-order chi connectivity index (χ0) is 28.8. The van der Waals surface area contributed by atoms with Gasteiger partial charge in [-0.05, 0) is 54.3 Å². The van der Waals surface area contributed by atoms with E-state index < -0.39 is 0 Å². The summed E-state index contributed by atoms with van der Waals surface area (Å²) in [5, 5.41) is 6.03. The van der Waals surface area contributed by atoms with Crippen LogP contribution >= 0.6 is 0 Å². The summed E-state index contributed by atoms with van der Waals surface area (Å²) in [6.45, 7) is 8.76. The molecule has 2 amide bonds. The monoisotopic (exact) mass is 553 g/mol. The zero-order valence-corrected chi connectivity index (χ0v) is 23.9. The SMILES string of the molecule is CCCC(=O)NCc1ccc(N2CCN(c3ccc(CNC(=O)c4c(CC)nc5cc(N)ccn45)cc3)CC2)cc1. The average molecular weight is 554 g/mol. The molecule has 0 aliphatic carbocycles. The van der Waals surface area contributed by atoms with Crippen molar-refractivity contribution >= 4 is 34.5 Å². The van der Waals surface area contributed by atoms with Crippen molar-refractivity contribution in [3.8, 4) is 0 Å². The summed E-state index contributed by atoms with van der Waals surface area (Å²) in [5.41, 5.74) is 13.1. The number of aryl methyl sites for hydroxylation is 1. The minimum atomic E-state index is -0.145. The Hall–Kier alpha value is -4.53. The van der Waals surface area contributed by atoms with Crippen molar-refractivity contribution in [2.45, 2.75) is 46.2 Å². The van der Waals surface area contributed by atoms with E-state index in [1.165, 1.54) is 11.4 Å². The van der Waals surface area contributed by atoms with E-state index in [0.29, 0.717) is 43.0 Å². The predicted molar refractivity (Wildman–Crippen MR) is 164 cm³/mol. The molecule has 9 nitrogen and oxygen atoms in total. The quantitative estimate of drug-likeness (QED) is 0.272. The molecule has 0 spiro atoms. The van der Waals surface area contributed by atoms with Crippen LogP contribution in [0.25, 0.3) is 5.65 Å². The lowest BCUT2D eigenvalue weighted by atomic mass is 10.1. The maximum absolute atomic E-state index is 13.1. The van der Waals surface area contributed by atoms with Gasteiger partial charge in [-0.15, -0.1) is 0 Å². The molecule has 4 aromatic rings. The highest BCUT2D eigenvalue weighted by Crippen LogP contribution is 2.22. The number of anilines is 3. The second-order valence-corrected chi connectivity index (χ2v) is 10.5. The number of piperazine rings is 1. The molecule has 1 aliphatic heterocycles. The van der Waals surface area contributed by atoms with Gasteiger partial charge in [-0.25, -0.2) is 4.98 Å². The predicted octanol–water partition coefficient (Wildman–Crippen LogP) is 4.15. The molecular formula is C32H39N7O2. The minimum absolute atomic E-state index is 0.102. The maximum Gasteiger partial charge on any atom is 0.270 e. The zero-order valence-electron chi connectivity index (χ0n) is 23.9. The summed E-state index contributed by atoms with van der Waals surface area (Å²) in [4.78, 5) is 34.2. The van der Waals surface area contributed by atoms with Gasteiger partial charge in [0, 0.05) is 75.0 Å². The number of hydrogen-bond acceptors (Lipinski definition) is 6. The van der Waals surface area contributed by atoms with E-state index in [1.807, 2.05) is 13.8 Å². The Balaban J connectivity index is 1.12. The highest BCUT2D eigenvalue weighted by molar-refractivity contribution is 5.94. The Bertz CT molecular complexity index is 1490. The van der Waals surface area contributed by atoms with Crippen LogP contribution in [0, 0.1) is 0 Å². The lowest BCUT2D eigenvalue weighted by Crippen LogP contribution is -2.46. The Morgan fingerprint density at radius 2 is 1.39 bits per heavy atom. The third-order valence-corrected chi connectivity index (χ3v) is 7.57. The van der Waals surface area contributed by atoms with Gasteiger partial charge in [0.15, 0.2) is 0 Å². The number of hydrogen-bond donors (Lipinski definition) is 3. The van der Waals surface area contributed by atoms with Crippen molar-refractivity contribution in [1.29, 1.82) is 0 Å². The van der Waals surface area contributed by atoms with E-state index in [0.717, 1.165) is 49.4 Å². The first-order valence-corrected chi connectivity index (χ1v) is 14.4. The second-order valence-electron chi connectivity index (χ2n) is 10.5. The standard InChI is InChI=1S/C32H39N7O2/c1-3-5-30(40)34-21-23-6-10-26(11-7-23)37-16-18-38(19-17-37)27-12-8-24(9-13-27)22-35-32(41)31-28(4-2)36-29-20-25(33)14-15-39(29)31/h6-15,20H,3-5,16-19,21-22,33H2,1-2H3,(H,34,40)(H,35,41). The number of rotatable bonds is 10. The molecule has 0 bridgehead atoms. The number of carbonyl (C=O) groups excluding carboxylic acids is 2. The van der Waals surface area contributed by atoms with Crippen molar-refractivity contribution in [1.82, 2.24) is 20.0 Å². The Kier molecular flexibility index (Phi) is 8.72. The second kappa shape index (κ2) is 12.8. The third-order valence-electron chi connectivity index (χ3n) is 7.57. The number of nitrogens with one attached hydrogen (secondary N) is 2. The Morgan fingerprint density at radius 1 is 0.829 bits per heavy atom. The number of aromatic nitrogens is 2. The van der Waals surface area contributed by atoms with E-state index in [2.05, 4.69) is 73.9 Å². The van der Waals surface area contributed by atoms with Crippen molar-refractivity contribution in [2.75, 3.05) is 41.7 Å². The van der Waals surface area contributed by atoms with E-state index in [4.69, 9.17) is 5.73 Å². The lowest BCUT2D eigenvalue weighted by molar-refractivity contribution is -0.121. The first-order chi connectivity index (χ1) is 19.9. The number of nitrogens with two attached hydrogens (primary N) is 1. The van der Waals surface area contributed by atoms with Crippen LogP contribution in [-0.4, -0.2) is 47.4 Å². The van der Waals surface area contributed by atoms with Gasteiger partial charge in [0.2, 0.25) is 5.91 Å². The molecule has 41 heavy (non-hydrogen) atoms. The number of benzene rings is 2. The van der Waals surface area contributed by atoms with Crippen molar-refractivity contribution in [3.63, 3.8) is 0 Å². The molecule has 0 unspecified atom stereocenters. The van der Waals surface area contributed by atoms with Crippen LogP contribution in [0.3, 0.4) is 0 Å². The molecule has 0 saturated carbocycles. The fourth-order valence-corrected chi connectivity index (χ4v) is 5.25. The summed E-state index contributed by atoms with van der Waals surface area (Å²) in [7, 11) is 0. The van der Waals surface area contributed by atoms with Gasteiger partial charge in [-0.1, -0.05) is 38.1 Å². The largest absolute Gasteiger partial charge is 0.399 e. The van der Waals surface area contributed by atoms with E-state index in [1.54, 1.807) is 22.7 Å². The fraction of sp³-hybridized carbons (Fsp3) is 0.344. The number of nitrogen functional groups attached to an aromatic ring is 1. The lowest BCUT2D eigenvalue weighted by Gasteiger charge is -2.37. The normalized spacial score (nSPS) is 13.4. The smallest absolute Gasteiger partial charge is 0.270 e. The molecule has 4 N–H and O–H groups in total. The molecule has 9 heteroatoms. The highest BCUT2D eigenvalue weighted by atomic mass is 16.2. The van der Waals surface area contributed by atoms with Crippen LogP contribution in [0.4, 0.5) is 17.1 Å². The number of amides is 2. The molecule has 1 fully saturated rings. The highest BCUT2D eigenvalue weighted by Gasteiger charge is 2.19. The van der Waals surface area contributed by atoms with E-state index >= 15 is 0 Å². The molecule has 3 heterocycles. The summed E-state index contributed by atoms with van der Waals surface area (Å²) in [6, 6.07) is 20.5. The van der Waals surface area contributed by atoms with Gasteiger partial charge in [0.25, 0.3) is 5.91 Å². The molecule has 1 aliphatic rings. The van der Waals surface area contributed by atoms with Crippen LogP contribution in [0.1, 0.15) is 54.0 Å². The first kappa shape index (κ1) is 28.0. The van der Waals surface area contributed by atoms with Crippen LogP contribution in [0.15, 0.2) is 66.9 Å². The van der Waals surface area contributed by atoms with Gasteiger partial charge >= 0.3 is 0 Å². The maximum atomic E-state index is 13.1. The van der Waals surface area contributed by atoms with Crippen LogP contribution in [0.2, 0.25) is 0 Å². The first-order valence-electron chi connectivity index (χ1n) is 14.4. The fourth-order valence-electron chi connectivity index (χ4n) is 5.25. The topological polar surface area (TPSA) is 108 Å². The van der Waals surface area contributed by atoms with Crippen molar-refractivity contribution < 1.29 is 9.59 Å². The van der Waals surface area contributed by atoms with Crippen molar-refractivity contribution in [3.05, 3.63) is 89.4 Å². The molecule has 5 rings (SSSR count). The number of nitrogens with zero attached hydrogens (tertiary/aromatic N) is 4. The molecule has 1 saturated heterocycles. The molecule has 2 aromatic carbocycles. The summed E-state index contributed by atoms with van der Waals surface area (Å²) < 4.78 is 1.80. The van der Waals surface area contributed by atoms with Crippen LogP contribution in [-0.2, 0) is 24.3 Å². The van der Waals surface area contributed by atoms with Gasteiger partial charge < -0.3 is 26.2 Å². The molecule has 2 aromatic heterocycles. The molecule has 0 atom stereocenters. The third kappa shape index (κ3) is 6.62. The number of imidazole rings is 1. The van der Waals surface area contributed by atoms with Gasteiger partial charge in [0.1, 0.15) is 11.3 Å². The average Bonchev–Trinajstić information content (AvgIpc) is 3.37. The van der Waals surface area contributed by atoms with Crippen LogP contribution in [0.5, 0.6) is 0 Å². The Morgan fingerprint density at radius 3 is 1.93 bits per heavy atom. The Labute approximate surface area is 241 Å². The summed E-state index contributed by atoms with van der Waals surface area (Å²) >= 11 is 0. The van der Waals surface area contributed by atoms with Crippen molar-refractivity contribution in [2.24, 2.45) is 0 Å². The molecular weight excluding hydrogens is 514 g/mol. The minimum Gasteiger partial charge on any atom is -0.399 e. The number of pyridine rings is 1. The van der Waals surface area contributed by atoms with Gasteiger partial charge in [-0.3, -0.25) is 14.0 Å². The molecule has 214 valence electrons. The van der Waals surface area contributed by atoms with Crippen LogP contribution < -0.4 is 26.2 Å². The van der Waals surface area contributed by atoms with E-state index in [-0.39, 0.29) is 11.8 Å².